The predicted molar refractivity (Wildman–Crippen MR) is 109 cm³/mol. The van der Waals surface area contributed by atoms with E-state index in [4.69, 9.17) is 27.6 Å². The highest BCUT2D eigenvalue weighted by Gasteiger charge is 2.62. The van der Waals surface area contributed by atoms with Gasteiger partial charge in [-0.25, -0.2) is 4.90 Å². The maximum Gasteiger partial charge on any atom is 0.252 e. The Morgan fingerprint density at radius 2 is 1.68 bits per heavy atom. The van der Waals surface area contributed by atoms with Gasteiger partial charge in [0, 0.05) is 10.0 Å². The topological polar surface area (TPSA) is 50.5 Å². The van der Waals surface area contributed by atoms with Crippen molar-refractivity contribution in [1.82, 2.24) is 0 Å². The molecule has 0 bridgehead atoms. The molecule has 0 radical (unpaired) electrons. The molecule has 3 aromatic rings. The Morgan fingerprint density at radius 1 is 1.00 bits per heavy atom. The van der Waals surface area contributed by atoms with E-state index in [1.54, 1.807) is 30.3 Å². The van der Waals surface area contributed by atoms with Crippen LogP contribution in [0.4, 0.5) is 5.69 Å². The molecule has 0 spiro atoms. The van der Waals surface area contributed by atoms with Crippen LogP contribution in [0.15, 0.2) is 71.3 Å². The van der Waals surface area contributed by atoms with Crippen molar-refractivity contribution in [2.75, 3.05) is 4.90 Å². The van der Waals surface area contributed by atoms with Gasteiger partial charge in [0.1, 0.15) is 11.2 Å². The number of carbonyl (C=O) groups excluding carboxylic acids is 2. The summed E-state index contributed by atoms with van der Waals surface area (Å²) >= 11 is 12.3. The zero-order valence-electron chi connectivity index (χ0n) is 15.1. The lowest BCUT2D eigenvalue weighted by Gasteiger charge is -2.29. The quantitative estimate of drug-likeness (QED) is 0.532. The van der Waals surface area contributed by atoms with Crippen molar-refractivity contribution in [2.24, 2.45) is 5.92 Å². The van der Waals surface area contributed by atoms with Gasteiger partial charge in [0.05, 0.1) is 17.9 Å². The molecule has 1 aromatic heterocycles. The number of furan rings is 1. The molecule has 1 aliphatic heterocycles. The summed E-state index contributed by atoms with van der Waals surface area (Å²) in [5, 5.41) is 0.706. The number of anilines is 1. The molecule has 28 heavy (non-hydrogen) atoms. The van der Waals surface area contributed by atoms with Crippen molar-refractivity contribution in [3.8, 4) is 0 Å². The molecule has 1 saturated heterocycles. The molecule has 6 heteroatoms. The first kappa shape index (κ1) is 18.8. The molecule has 1 fully saturated rings. The van der Waals surface area contributed by atoms with Gasteiger partial charge in [-0.1, -0.05) is 60.5 Å². The lowest BCUT2D eigenvalue weighted by atomic mass is 9.69. The number of imide groups is 1. The van der Waals surface area contributed by atoms with Crippen LogP contribution < -0.4 is 4.90 Å². The summed E-state index contributed by atoms with van der Waals surface area (Å²) in [5.41, 5.74) is -0.174. The van der Waals surface area contributed by atoms with Crippen LogP contribution in [0, 0.1) is 5.92 Å². The van der Waals surface area contributed by atoms with E-state index in [1.165, 1.54) is 11.2 Å². The Hall–Kier alpha value is -2.56. The molecule has 142 valence electrons. The van der Waals surface area contributed by atoms with Crippen LogP contribution in [0.3, 0.4) is 0 Å². The summed E-state index contributed by atoms with van der Waals surface area (Å²) < 4.78 is 5.71. The first-order valence-corrected chi connectivity index (χ1v) is 9.69. The van der Waals surface area contributed by atoms with E-state index in [1.807, 2.05) is 37.3 Å². The zero-order chi connectivity index (χ0) is 19.9. The number of hydrogen-bond acceptors (Lipinski definition) is 3. The lowest BCUT2D eigenvalue weighted by molar-refractivity contribution is -0.122. The molecule has 2 heterocycles. The van der Waals surface area contributed by atoms with Crippen molar-refractivity contribution >= 4 is 40.7 Å². The highest BCUT2D eigenvalue weighted by atomic mass is 35.5. The van der Waals surface area contributed by atoms with Crippen LogP contribution in [-0.2, 0) is 15.0 Å². The molecule has 0 N–H and O–H groups in total. The van der Waals surface area contributed by atoms with E-state index in [0.717, 1.165) is 0 Å². The monoisotopic (exact) mass is 413 g/mol. The average molecular weight is 414 g/mol. The fraction of sp³-hybridized carbons (Fsp3) is 0.182. The van der Waals surface area contributed by atoms with Gasteiger partial charge in [0.15, 0.2) is 0 Å². The molecule has 1 unspecified atom stereocenters. The fourth-order valence-corrected chi connectivity index (χ4v) is 4.62. The van der Waals surface area contributed by atoms with Crippen LogP contribution in [0.25, 0.3) is 0 Å². The number of halogens is 2. The minimum absolute atomic E-state index is 0.300. The smallest absolute Gasteiger partial charge is 0.252 e. The molecular weight excluding hydrogens is 397 g/mol. The maximum absolute atomic E-state index is 13.9. The van der Waals surface area contributed by atoms with Gasteiger partial charge in [-0.3, -0.25) is 9.59 Å². The van der Waals surface area contributed by atoms with Gasteiger partial charge < -0.3 is 4.42 Å². The van der Waals surface area contributed by atoms with Crippen molar-refractivity contribution < 1.29 is 14.0 Å². The van der Waals surface area contributed by atoms with Gasteiger partial charge >= 0.3 is 0 Å². The van der Waals surface area contributed by atoms with Crippen molar-refractivity contribution in [2.45, 2.75) is 18.8 Å². The molecule has 4 rings (SSSR count). The third kappa shape index (κ3) is 2.67. The van der Waals surface area contributed by atoms with Crippen LogP contribution in [0.5, 0.6) is 0 Å². The Morgan fingerprint density at radius 3 is 2.25 bits per heavy atom. The van der Waals surface area contributed by atoms with Crippen molar-refractivity contribution in [3.05, 3.63) is 88.3 Å². The highest BCUT2D eigenvalue weighted by molar-refractivity contribution is 6.36. The summed E-state index contributed by atoms with van der Waals surface area (Å²) in [5.74, 6) is -0.847. The van der Waals surface area contributed by atoms with E-state index >= 15 is 0 Å². The summed E-state index contributed by atoms with van der Waals surface area (Å²) in [6.07, 6.45) is 1.98. The number of amides is 2. The predicted octanol–water partition coefficient (Wildman–Crippen LogP) is 5.47. The Labute approximate surface area is 172 Å². The third-order valence-electron chi connectivity index (χ3n) is 5.23. The van der Waals surface area contributed by atoms with Gasteiger partial charge in [0.25, 0.3) is 5.91 Å². The Bertz CT molecular complexity index is 1010. The fourth-order valence-electron chi connectivity index (χ4n) is 4.11. The second-order valence-corrected chi connectivity index (χ2v) is 7.59. The first-order chi connectivity index (χ1) is 13.5. The number of rotatable bonds is 4. The van der Waals surface area contributed by atoms with Crippen LogP contribution in [0.2, 0.25) is 10.0 Å². The summed E-state index contributed by atoms with van der Waals surface area (Å²) in [4.78, 5) is 28.5. The number of carbonyl (C=O) groups is 2. The first-order valence-electron chi connectivity index (χ1n) is 8.94. The van der Waals surface area contributed by atoms with Crippen molar-refractivity contribution in [1.29, 1.82) is 0 Å². The second kappa shape index (κ2) is 7.12. The Kier molecular flexibility index (Phi) is 4.77. The molecule has 0 saturated carbocycles. The summed E-state index contributed by atoms with van der Waals surface area (Å²) in [6, 6.07) is 17.4. The summed E-state index contributed by atoms with van der Waals surface area (Å²) in [7, 11) is 0. The van der Waals surface area contributed by atoms with Crippen molar-refractivity contribution in [3.63, 3.8) is 0 Å². The van der Waals surface area contributed by atoms with Gasteiger partial charge in [-0.05, 0) is 42.3 Å². The van der Waals surface area contributed by atoms with Gasteiger partial charge in [0.2, 0.25) is 5.91 Å². The van der Waals surface area contributed by atoms with E-state index < -0.39 is 11.3 Å². The average Bonchev–Trinajstić information content (AvgIpc) is 3.27. The highest BCUT2D eigenvalue weighted by Crippen LogP contribution is 2.49. The molecule has 1 aliphatic rings. The minimum atomic E-state index is -1.24. The molecule has 4 nitrogen and oxygen atoms in total. The third-order valence-corrected chi connectivity index (χ3v) is 5.67. The largest absolute Gasteiger partial charge is 0.468 e. The minimum Gasteiger partial charge on any atom is -0.468 e. The molecule has 2 aromatic carbocycles. The van der Waals surface area contributed by atoms with Crippen LogP contribution >= 0.6 is 23.2 Å². The van der Waals surface area contributed by atoms with E-state index in [0.29, 0.717) is 33.5 Å². The molecule has 0 aliphatic carbocycles. The summed E-state index contributed by atoms with van der Waals surface area (Å²) in [6.45, 7) is 1.89. The molecule has 2 atom stereocenters. The second-order valence-electron chi connectivity index (χ2n) is 6.72. The normalized spacial score (nSPS) is 22.1. The van der Waals surface area contributed by atoms with E-state index in [9.17, 15) is 9.59 Å². The Balaban J connectivity index is 1.98. The maximum atomic E-state index is 13.9. The standard InChI is InChI=1S/C22H17Cl2NO3/c1-2-18-20(26)25(17-12-15(23)11-16(24)13-17)21(27)22(18,19-9-6-10-28-19)14-7-4-3-5-8-14/h3-13,18H,2H2,1H3/t18?,22-/m0/s1. The van der Waals surface area contributed by atoms with Gasteiger partial charge in [-0.15, -0.1) is 0 Å². The van der Waals surface area contributed by atoms with E-state index in [-0.39, 0.29) is 11.8 Å². The van der Waals surface area contributed by atoms with Gasteiger partial charge in [-0.2, -0.15) is 0 Å². The molecular formula is C22H17Cl2NO3. The zero-order valence-corrected chi connectivity index (χ0v) is 16.6. The van der Waals surface area contributed by atoms with Crippen LogP contribution in [0.1, 0.15) is 24.7 Å². The van der Waals surface area contributed by atoms with E-state index in [2.05, 4.69) is 0 Å². The molecule has 2 amide bonds. The lowest BCUT2D eigenvalue weighted by Crippen LogP contribution is -2.41. The number of nitrogens with zero attached hydrogens (tertiary/aromatic N) is 1. The SMILES string of the molecule is CCC1C(=O)N(c2cc(Cl)cc(Cl)c2)C(=O)[C@]1(c1ccccc1)c1ccco1. The number of hydrogen-bond donors (Lipinski definition) is 0. The number of benzene rings is 2. The van der Waals surface area contributed by atoms with Crippen LogP contribution in [-0.4, -0.2) is 11.8 Å².